The van der Waals surface area contributed by atoms with Gasteiger partial charge in [0.25, 0.3) is 0 Å². The maximum absolute atomic E-state index is 3.56. The van der Waals surface area contributed by atoms with Gasteiger partial charge < -0.3 is 10.2 Å². The zero-order valence-electron chi connectivity index (χ0n) is 12.3. The van der Waals surface area contributed by atoms with Crippen LogP contribution in [0.15, 0.2) is 29.2 Å². The minimum Gasteiger partial charge on any atom is -0.310 e. The van der Waals surface area contributed by atoms with E-state index in [2.05, 4.69) is 34.5 Å². The SMILES string of the molecule is c1cc(SCCCN2CCCC2)ccc1CNC1CC1. The van der Waals surface area contributed by atoms with Crippen LogP contribution in [0.3, 0.4) is 0 Å². The lowest BCUT2D eigenvalue weighted by atomic mass is 10.2. The minimum absolute atomic E-state index is 0.801. The zero-order valence-corrected chi connectivity index (χ0v) is 13.1. The number of likely N-dealkylation sites (tertiary alicyclic amines) is 1. The van der Waals surface area contributed by atoms with Crippen molar-refractivity contribution in [3.8, 4) is 0 Å². The monoisotopic (exact) mass is 290 g/mol. The lowest BCUT2D eigenvalue weighted by molar-refractivity contribution is 0.341. The third-order valence-corrected chi connectivity index (χ3v) is 5.28. The van der Waals surface area contributed by atoms with Crippen molar-refractivity contribution in [2.75, 3.05) is 25.4 Å². The van der Waals surface area contributed by atoms with Gasteiger partial charge in [-0.05, 0) is 75.2 Å². The molecule has 1 heterocycles. The molecule has 0 spiro atoms. The van der Waals surface area contributed by atoms with Gasteiger partial charge in [0, 0.05) is 17.5 Å². The first-order valence-electron chi connectivity index (χ1n) is 8.08. The molecular weight excluding hydrogens is 264 g/mol. The number of thioether (sulfide) groups is 1. The maximum atomic E-state index is 3.56. The van der Waals surface area contributed by atoms with Gasteiger partial charge in [-0.1, -0.05) is 12.1 Å². The van der Waals surface area contributed by atoms with Gasteiger partial charge in [-0.3, -0.25) is 0 Å². The lowest BCUT2D eigenvalue weighted by Crippen LogP contribution is -2.20. The summed E-state index contributed by atoms with van der Waals surface area (Å²) >= 11 is 2.00. The van der Waals surface area contributed by atoms with E-state index in [9.17, 15) is 0 Å². The van der Waals surface area contributed by atoms with Crippen LogP contribution < -0.4 is 5.32 Å². The van der Waals surface area contributed by atoms with Crippen LogP contribution in [-0.2, 0) is 6.54 Å². The lowest BCUT2D eigenvalue weighted by Gasteiger charge is -2.13. The van der Waals surface area contributed by atoms with E-state index in [0.717, 1.165) is 12.6 Å². The van der Waals surface area contributed by atoms with E-state index in [-0.39, 0.29) is 0 Å². The number of benzene rings is 1. The van der Waals surface area contributed by atoms with E-state index < -0.39 is 0 Å². The van der Waals surface area contributed by atoms with Crippen LogP contribution in [0.25, 0.3) is 0 Å². The molecule has 3 rings (SSSR count). The molecule has 1 aromatic rings. The first-order chi connectivity index (χ1) is 9.90. The Morgan fingerprint density at radius 1 is 1.10 bits per heavy atom. The van der Waals surface area contributed by atoms with Crippen LogP contribution in [0.4, 0.5) is 0 Å². The first kappa shape index (κ1) is 14.4. The molecule has 2 aliphatic rings. The smallest absolute Gasteiger partial charge is 0.0208 e. The topological polar surface area (TPSA) is 15.3 Å². The average Bonchev–Trinajstić information content (AvgIpc) is 3.17. The largest absolute Gasteiger partial charge is 0.310 e. The standard InChI is InChI=1S/C17H26N2S/c1-2-11-19(10-1)12-3-13-20-17-8-4-15(5-9-17)14-18-16-6-7-16/h4-5,8-9,16,18H,1-3,6-7,10-14H2. The Kier molecular flexibility index (Phi) is 5.40. The number of hydrogen-bond acceptors (Lipinski definition) is 3. The number of hydrogen-bond donors (Lipinski definition) is 1. The number of nitrogens with zero attached hydrogens (tertiary/aromatic N) is 1. The molecule has 1 aromatic carbocycles. The van der Waals surface area contributed by atoms with Crippen molar-refractivity contribution in [1.29, 1.82) is 0 Å². The molecule has 1 saturated heterocycles. The molecule has 20 heavy (non-hydrogen) atoms. The van der Waals surface area contributed by atoms with Gasteiger partial charge in [0.2, 0.25) is 0 Å². The summed E-state index contributed by atoms with van der Waals surface area (Å²) in [6.07, 6.45) is 6.86. The highest BCUT2D eigenvalue weighted by molar-refractivity contribution is 7.99. The molecule has 0 unspecified atom stereocenters. The van der Waals surface area contributed by atoms with Crippen molar-refractivity contribution in [3.05, 3.63) is 29.8 Å². The molecule has 1 aliphatic heterocycles. The fraction of sp³-hybridized carbons (Fsp3) is 0.647. The van der Waals surface area contributed by atoms with E-state index in [1.54, 1.807) is 0 Å². The summed E-state index contributed by atoms with van der Waals surface area (Å²) in [6.45, 7) is 4.97. The van der Waals surface area contributed by atoms with Crippen LogP contribution in [0.2, 0.25) is 0 Å². The molecule has 0 radical (unpaired) electrons. The van der Waals surface area contributed by atoms with Crippen molar-refractivity contribution >= 4 is 11.8 Å². The molecular formula is C17H26N2S. The van der Waals surface area contributed by atoms with Crippen molar-refractivity contribution in [3.63, 3.8) is 0 Å². The average molecular weight is 290 g/mol. The van der Waals surface area contributed by atoms with Gasteiger partial charge in [0.05, 0.1) is 0 Å². The summed E-state index contributed by atoms with van der Waals surface area (Å²) in [6, 6.07) is 9.92. The highest BCUT2D eigenvalue weighted by Gasteiger charge is 2.19. The normalized spacial score (nSPS) is 19.6. The van der Waals surface area contributed by atoms with Crippen molar-refractivity contribution in [1.82, 2.24) is 10.2 Å². The van der Waals surface area contributed by atoms with Crippen LogP contribution in [0.1, 0.15) is 37.7 Å². The Morgan fingerprint density at radius 2 is 1.85 bits per heavy atom. The predicted octanol–water partition coefficient (Wildman–Crippen LogP) is 3.52. The second-order valence-corrected chi connectivity index (χ2v) is 7.22. The molecule has 2 nitrogen and oxygen atoms in total. The number of rotatable bonds is 8. The predicted molar refractivity (Wildman–Crippen MR) is 87.3 cm³/mol. The van der Waals surface area contributed by atoms with Crippen molar-refractivity contribution in [2.24, 2.45) is 0 Å². The Hall–Kier alpha value is -0.510. The fourth-order valence-corrected chi connectivity index (χ4v) is 3.58. The zero-order chi connectivity index (χ0) is 13.6. The summed E-state index contributed by atoms with van der Waals surface area (Å²) in [7, 11) is 0. The van der Waals surface area contributed by atoms with Gasteiger partial charge in [0.15, 0.2) is 0 Å². The third kappa shape index (κ3) is 4.80. The van der Waals surface area contributed by atoms with E-state index in [0.29, 0.717) is 0 Å². The van der Waals surface area contributed by atoms with Crippen LogP contribution in [-0.4, -0.2) is 36.3 Å². The molecule has 110 valence electrons. The van der Waals surface area contributed by atoms with Crippen molar-refractivity contribution < 1.29 is 0 Å². The molecule has 1 aliphatic carbocycles. The first-order valence-corrected chi connectivity index (χ1v) is 9.06. The van der Waals surface area contributed by atoms with Gasteiger partial charge in [-0.25, -0.2) is 0 Å². The quantitative estimate of drug-likeness (QED) is 0.582. The highest BCUT2D eigenvalue weighted by Crippen LogP contribution is 2.22. The molecule has 1 N–H and O–H groups in total. The summed E-state index contributed by atoms with van der Waals surface area (Å²) in [5, 5.41) is 3.56. The second kappa shape index (κ2) is 7.48. The summed E-state index contributed by atoms with van der Waals surface area (Å²) in [5.41, 5.74) is 1.42. The Balaban J connectivity index is 1.32. The molecule has 0 amide bonds. The van der Waals surface area contributed by atoms with Crippen LogP contribution in [0, 0.1) is 0 Å². The maximum Gasteiger partial charge on any atom is 0.0208 e. The Morgan fingerprint density at radius 3 is 2.55 bits per heavy atom. The summed E-state index contributed by atoms with van der Waals surface area (Å²) in [5.74, 6) is 1.25. The molecule has 0 bridgehead atoms. The van der Waals surface area contributed by atoms with E-state index in [4.69, 9.17) is 0 Å². The van der Waals surface area contributed by atoms with Crippen LogP contribution >= 0.6 is 11.8 Å². The number of nitrogens with one attached hydrogen (secondary N) is 1. The van der Waals surface area contributed by atoms with Crippen molar-refractivity contribution in [2.45, 2.75) is 49.6 Å². The van der Waals surface area contributed by atoms with Gasteiger partial charge in [-0.15, -0.1) is 11.8 Å². The van der Waals surface area contributed by atoms with E-state index in [1.165, 1.54) is 68.0 Å². The Labute approximate surface area is 127 Å². The summed E-state index contributed by atoms with van der Waals surface area (Å²) < 4.78 is 0. The highest BCUT2D eigenvalue weighted by atomic mass is 32.2. The van der Waals surface area contributed by atoms with Crippen LogP contribution in [0.5, 0.6) is 0 Å². The van der Waals surface area contributed by atoms with Gasteiger partial charge in [-0.2, -0.15) is 0 Å². The summed E-state index contributed by atoms with van der Waals surface area (Å²) in [4.78, 5) is 4.02. The van der Waals surface area contributed by atoms with Gasteiger partial charge >= 0.3 is 0 Å². The third-order valence-electron chi connectivity index (χ3n) is 4.18. The molecule has 0 aromatic heterocycles. The van der Waals surface area contributed by atoms with E-state index >= 15 is 0 Å². The molecule has 1 saturated carbocycles. The second-order valence-electron chi connectivity index (χ2n) is 6.05. The fourth-order valence-electron chi connectivity index (χ4n) is 2.74. The minimum atomic E-state index is 0.801. The van der Waals surface area contributed by atoms with Gasteiger partial charge in [0.1, 0.15) is 0 Å². The molecule has 0 atom stereocenters. The molecule has 2 fully saturated rings. The van der Waals surface area contributed by atoms with E-state index in [1.807, 2.05) is 11.8 Å². The Bertz CT molecular complexity index is 394. The molecule has 3 heteroatoms.